The fourth-order valence-electron chi connectivity index (χ4n) is 9.70. The number of hydrogen-bond donors (Lipinski definition) is 2. The Hall–Kier alpha value is -5.40. The maximum absolute atomic E-state index is 15.7. The summed E-state index contributed by atoms with van der Waals surface area (Å²) in [5.74, 6) is -1.26. The highest BCUT2D eigenvalue weighted by atomic mass is 19.1. The third-order valence-electron chi connectivity index (χ3n) is 12.1. The molecule has 12 nitrogen and oxygen atoms in total. The van der Waals surface area contributed by atoms with Crippen molar-refractivity contribution >= 4 is 45.8 Å². The van der Waals surface area contributed by atoms with Crippen molar-refractivity contribution in [1.29, 1.82) is 0 Å². The number of nitrogens with one attached hydrogen (secondary N) is 2. The summed E-state index contributed by atoms with van der Waals surface area (Å²) in [6.45, 7) is 12.5. The normalized spacial score (nSPS) is 23.1. The van der Waals surface area contributed by atoms with Gasteiger partial charge in [-0.15, -0.1) is 0 Å². The van der Waals surface area contributed by atoms with E-state index < -0.39 is 35.5 Å². The SMILES string of the molecule is CC(C)(C)OC(=O)N[C@H]1C/C=C/C[C@H](NC(=O)OC(C)(C)C)C(=O)N2CCC[C@H]2Cc2c3n(c4cc(F)ccc24)CCn2c-3cc3c(cc(F)cc32)C[C@@H]2CCCN2C1=O. The third-order valence-corrected chi connectivity index (χ3v) is 12.1. The highest BCUT2D eigenvalue weighted by Crippen LogP contribution is 2.43. The average Bonchev–Trinajstić information content (AvgIpc) is 3.95. The molecule has 0 spiro atoms. The number of amides is 4. The number of fused-ring (bicyclic) bond motifs is 6. The minimum Gasteiger partial charge on any atom is -0.444 e. The smallest absolute Gasteiger partial charge is 0.408 e. The molecule has 14 heteroatoms. The van der Waals surface area contributed by atoms with Gasteiger partial charge in [0.2, 0.25) is 11.8 Å². The maximum Gasteiger partial charge on any atom is 0.408 e. The van der Waals surface area contributed by atoms with Gasteiger partial charge in [0.15, 0.2) is 0 Å². The molecule has 2 fully saturated rings. The van der Waals surface area contributed by atoms with Gasteiger partial charge in [-0.2, -0.15) is 0 Å². The Bertz CT molecular complexity index is 2390. The molecule has 6 heterocycles. The van der Waals surface area contributed by atoms with Crippen LogP contribution in [0.15, 0.2) is 48.6 Å². The Morgan fingerprint density at radius 1 is 0.667 bits per heavy atom. The number of aryl methyl sites for hydroxylation is 2. The summed E-state index contributed by atoms with van der Waals surface area (Å²) in [5.41, 5.74) is 3.49. The molecule has 0 aliphatic carbocycles. The van der Waals surface area contributed by atoms with Crippen LogP contribution in [0.3, 0.4) is 0 Å². The van der Waals surface area contributed by atoms with Gasteiger partial charge < -0.3 is 39.0 Å². The van der Waals surface area contributed by atoms with E-state index >= 15 is 4.39 Å². The van der Waals surface area contributed by atoms with E-state index in [4.69, 9.17) is 9.47 Å². The standard InChI is InChI=1S/C46H56F2N6O6/c1-45(2,3)59-43(57)49-35-13-7-8-14-36(50-44(58)60-46(4,5)6)42(56)52-18-10-12-31(52)25-34-32-16-15-28(47)23-37(32)54-20-19-53-38-24-29(48)21-27(33(38)26-39(53)40(34)54)22-30-11-9-17-51(30)41(35)55/h7-8,15-16,21,23-24,26,30-31,35-36H,9-14,17-20,22,25H2,1-6H3,(H,49,57)(H,50,58)/b8-7+/t30-,31-,35-,36-/m0/s1. The van der Waals surface area contributed by atoms with Crippen molar-refractivity contribution < 1.29 is 37.4 Å². The lowest BCUT2D eigenvalue weighted by Crippen LogP contribution is -2.51. The molecule has 2 aromatic heterocycles. The molecular formula is C46H56F2N6O6. The van der Waals surface area contributed by atoms with Gasteiger partial charge >= 0.3 is 12.2 Å². The second-order valence-electron chi connectivity index (χ2n) is 18.7. The van der Waals surface area contributed by atoms with Crippen LogP contribution < -0.4 is 10.6 Å². The largest absolute Gasteiger partial charge is 0.444 e. The van der Waals surface area contributed by atoms with Crippen LogP contribution in [0.25, 0.3) is 33.2 Å². The molecular weight excluding hydrogens is 771 g/mol. The summed E-state index contributed by atoms with van der Waals surface area (Å²) in [4.78, 5) is 59.1. The predicted octanol–water partition coefficient (Wildman–Crippen LogP) is 7.76. The van der Waals surface area contributed by atoms with Crippen LogP contribution >= 0.6 is 0 Å². The minimum atomic E-state index is -0.988. The van der Waals surface area contributed by atoms with Gasteiger partial charge in [-0.3, -0.25) is 9.59 Å². The van der Waals surface area contributed by atoms with Gasteiger partial charge in [0, 0.05) is 49.0 Å². The molecule has 4 aliphatic heterocycles. The van der Waals surface area contributed by atoms with Gasteiger partial charge in [-0.25, -0.2) is 18.4 Å². The zero-order chi connectivity index (χ0) is 42.7. The van der Waals surface area contributed by atoms with Gasteiger partial charge in [-0.05, 0) is 140 Å². The Labute approximate surface area is 349 Å². The van der Waals surface area contributed by atoms with Crippen molar-refractivity contribution in [3.05, 3.63) is 71.3 Å². The molecule has 320 valence electrons. The minimum absolute atomic E-state index is 0.102. The van der Waals surface area contributed by atoms with Crippen LogP contribution in [0.4, 0.5) is 18.4 Å². The topological polar surface area (TPSA) is 127 Å². The second-order valence-corrected chi connectivity index (χ2v) is 18.7. The van der Waals surface area contributed by atoms with Crippen molar-refractivity contribution in [2.24, 2.45) is 0 Å². The first kappa shape index (κ1) is 41.3. The first-order valence-corrected chi connectivity index (χ1v) is 21.3. The van der Waals surface area contributed by atoms with E-state index in [1.807, 2.05) is 11.0 Å². The van der Waals surface area contributed by atoms with Crippen molar-refractivity contribution in [2.45, 2.75) is 141 Å². The van der Waals surface area contributed by atoms with Crippen LogP contribution in [0.5, 0.6) is 0 Å². The van der Waals surface area contributed by atoms with E-state index in [-0.39, 0.29) is 48.4 Å². The molecule has 2 aromatic carbocycles. The summed E-state index contributed by atoms with van der Waals surface area (Å²) < 4.78 is 46.1. The lowest BCUT2D eigenvalue weighted by molar-refractivity contribution is -0.135. The number of aromatic nitrogens is 2. The van der Waals surface area contributed by atoms with Crippen molar-refractivity contribution in [3.8, 4) is 11.4 Å². The molecule has 4 aromatic rings. The number of benzene rings is 2. The number of ether oxygens (including phenoxy) is 2. The molecule has 0 saturated carbocycles. The Morgan fingerprint density at radius 3 is 1.78 bits per heavy atom. The molecule has 4 atom stereocenters. The molecule has 2 saturated heterocycles. The van der Waals surface area contributed by atoms with E-state index in [1.54, 1.807) is 76.8 Å². The highest BCUT2D eigenvalue weighted by molar-refractivity contribution is 5.97. The monoisotopic (exact) mass is 826 g/mol. The number of carbonyl (C=O) groups is 4. The Kier molecular flexibility index (Phi) is 10.9. The summed E-state index contributed by atoms with van der Waals surface area (Å²) in [7, 11) is 0. The van der Waals surface area contributed by atoms with Crippen molar-refractivity contribution in [1.82, 2.24) is 29.6 Å². The van der Waals surface area contributed by atoms with Gasteiger partial charge in [-0.1, -0.05) is 12.2 Å². The Morgan fingerprint density at radius 2 is 1.20 bits per heavy atom. The molecule has 0 unspecified atom stereocenters. The van der Waals surface area contributed by atoms with E-state index in [9.17, 15) is 23.6 Å². The molecule has 4 aliphatic rings. The first-order valence-electron chi connectivity index (χ1n) is 21.3. The zero-order valence-electron chi connectivity index (χ0n) is 35.4. The van der Waals surface area contributed by atoms with E-state index in [1.165, 1.54) is 6.07 Å². The fraction of sp³-hybridized carbons (Fsp3) is 0.522. The summed E-state index contributed by atoms with van der Waals surface area (Å²) >= 11 is 0. The van der Waals surface area contributed by atoms with Gasteiger partial charge in [0.25, 0.3) is 0 Å². The highest BCUT2D eigenvalue weighted by Gasteiger charge is 2.38. The van der Waals surface area contributed by atoms with Crippen LogP contribution in [0.1, 0.15) is 91.2 Å². The second kappa shape index (κ2) is 15.9. The number of rotatable bonds is 2. The zero-order valence-corrected chi connectivity index (χ0v) is 35.4. The molecule has 2 N–H and O–H groups in total. The molecule has 60 heavy (non-hydrogen) atoms. The van der Waals surface area contributed by atoms with Gasteiger partial charge in [0.1, 0.15) is 34.9 Å². The lowest BCUT2D eigenvalue weighted by atomic mass is 9.97. The number of alkyl carbamates (subject to hydrolysis) is 2. The number of nitrogens with zero attached hydrogens (tertiary/aromatic N) is 4. The lowest BCUT2D eigenvalue weighted by Gasteiger charge is -2.30. The van der Waals surface area contributed by atoms with E-state index in [2.05, 4.69) is 25.8 Å². The van der Waals surface area contributed by atoms with Crippen LogP contribution in [-0.2, 0) is 45.0 Å². The third kappa shape index (κ3) is 8.34. The quantitative estimate of drug-likeness (QED) is 0.199. The van der Waals surface area contributed by atoms with Gasteiger partial charge in [0.05, 0.1) is 22.4 Å². The Balaban J connectivity index is 1.25. The van der Waals surface area contributed by atoms with E-state index in [0.29, 0.717) is 45.4 Å². The number of carbonyl (C=O) groups excluding carboxylic acids is 4. The molecule has 2 bridgehead atoms. The fourth-order valence-corrected chi connectivity index (χ4v) is 9.70. The molecule has 0 radical (unpaired) electrons. The van der Waals surface area contributed by atoms with Crippen LogP contribution in [-0.4, -0.2) is 91.4 Å². The molecule has 8 rings (SSSR count). The summed E-state index contributed by atoms with van der Waals surface area (Å²) in [5, 5.41) is 7.41. The number of halogens is 2. The van der Waals surface area contributed by atoms with E-state index in [0.717, 1.165) is 63.6 Å². The van der Waals surface area contributed by atoms with Crippen LogP contribution in [0, 0.1) is 11.6 Å². The van der Waals surface area contributed by atoms with Crippen molar-refractivity contribution in [2.75, 3.05) is 13.1 Å². The summed E-state index contributed by atoms with van der Waals surface area (Å²) in [6.07, 6.45) is 6.09. The summed E-state index contributed by atoms with van der Waals surface area (Å²) in [6, 6.07) is 7.63. The predicted molar refractivity (Wildman–Crippen MR) is 224 cm³/mol. The van der Waals surface area contributed by atoms with Crippen molar-refractivity contribution in [3.63, 3.8) is 0 Å². The maximum atomic E-state index is 15.7. The average molecular weight is 827 g/mol. The molecule has 4 amide bonds. The first-order chi connectivity index (χ1) is 28.4. The number of hydrogen-bond acceptors (Lipinski definition) is 6. The van der Waals surface area contributed by atoms with Crippen LogP contribution in [0.2, 0.25) is 0 Å².